The summed E-state index contributed by atoms with van der Waals surface area (Å²) in [5.74, 6) is 0.868. The van der Waals surface area contributed by atoms with Crippen molar-refractivity contribution in [3.63, 3.8) is 0 Å². The summed E-state index contributed by atoms with van der Waals surface area (Å²) in [6.45, 7) is 14.1. The van der Waals surface area contributed by atoms with Crippen molar-refractivity contribution in [2.24, 2.45) is 23.7 Å². The second-order valence-corrected chi connectivity index (χ2v) is 30.9. The van der Waals surface area contributed by atoms with E-state index in [1.54, 1.807) is 0 Å². The molecular weight excluding hydrogens is 1210 g/mol. The quantitative estimate of drug-likeness (QED) is 0.0222. The molecule has 0 radical (unpaired) electrons. The molecule has 0 saturated carbocycles. The Hall–Kier alpha value is -1.94. The second-order valence-electron chi connectivity index (χ2n) is 28.0. The summed E-state index contributed by atoms with van der Waals surface area (Å²) in [6, 6.07) is 0. The zero-order chi connectivity index (χ0) is 68.2. The molecule has 0 rings (SSSR count). The van der Waals surface area contributed by atoms with Crippen LogP contribution in [0.3, 0.4) is 0 Å². The van der Waals surface area contributed by atoms with E-state index in [1.807, 2.05) is 0 Å². The van der Waals surface area contributed by atoms with Crippen molar-refractivity contribution in [3.05, 3.63) is 0 Å². The molecule has 0 amide bonds. The molecule has 0 heterocycles. The van der Waals surface area contributed by atoms with E-state index in [0.717, 1.165) is 115 Å². The van der Waals surface area contributed by atoms with Gasteiger partial charge >= 0.3 is 39.5 Å². The Morgan fingerprint density at radius 1 is 0.304 bits per heavy atom. The molecule has 0 bridgehead atoms. The van der Waals surface area contributed by atoms with E-state index >= 15 is 0 Å². The SMILES string of the molecule is CCC(C)CCCCCCCCCCCCC(=O)O[C@H](COC(=O)CCCCCCCCC(C)C)COP(=O)(O)OCC(O)COP(=O)(O)OC[C@@H](COC(=O)CCCCCCCCCC(C)C)OC(=O)CCCCCCCCCCCCCCCCCCC(C)C. The average Bonchev–Trinajstić information content (AvgIpc) is 1.60. The van der Waals surface area contributed by atoms with E-state index in [1.165, 1.54) is 154 Å². The van der Waals surface area contributed by atoms with E-state index in [4.69, 9.17) is 37.0 Å². The summed E-state index contributed by atoms with van der Waals surface area (Å²) in [4.78, 5) is 72.6. The van der Waals surface area contributed by atoms with Gasteiger partial charge < -0.3 is 33.8 Å². The fourth-order valence-corrected chi connectivity index (χ4v) is 12.6. The number of ether oxygens (including phenoxy) is 4. The van der Waals surface area contributed by atoms with Crippen LogP contribution in [0.2, 0.25) is 0 Å². The number of rotatable bonds is 70. The molecule has 0 spiro atoms. The summed E-state index contributed by atoms with van der Waals surface area (Å²) in [7, 11) is -9.91. The van der Waals surface area contributed by atoms with E-state index < -0.39 is 97.5 Å². The van der Waals surface area contributed by atoms with Crippen LogP contribution < -0.4 is 0 Å². The van der Waals surface area contributed by atoms with Crippen LogP contribution in [-0.4, -0.2) is 96.7 Å². The summed E-state index contributed by atoms with van der Waals surface area (Å²) in [6.07, 6.45) is 46.0. The monoisotopic (exact) mass is 1350 g/mol. The summed E-state index contributed by atoms with van der Waals surface area (Å²) >= 11 is 0. The van der Waals surface area contributed by atoms with Crippen molar-refractivity contribution < 1.29 is 80.2 Å². The normalized spacial score (nSPS) is 14.5. The van der Waals surface area contributed by atoms with Crippen molar-refractivity contribution in [2.45, 2.75) is 382 Å². The number of esters is 4. The first-order chi connectivity index (χ1) is 44.1. The lowest BCUT2D eigenvalue weighted by Gasteiger charge is -2.21. The van der Waals surface area contributed by atoms with Crippen LogP contribution >= 0.6 is 15.6 Å². The lowest BCUT2D eigenvalue weighted by Crippen LogP contribution is -2.30. The number of aliphatic hydroxyl groups excluding tert-OH is 1. The molecule has 0 aliphatic carbocycles. The van der Waals surface area contributed by atoms with Gasteiger partial charge in [0.25, 0.3) is 0 Å². The summed E-state index contributed by atoms with van der Waals surface area (Å²) in [5, 5.41) is 10.6. The first-order valence-corrected chi connectivity index (χ1v) is 40.7. The Kier molecular flexibility index (Phi) is 61.3. The lowest BCUT2D eigenvalue weighted by molar-refractivity contribution is -0.161. The van der Waals surface area contributed by atoms with E-state index in [9.17, 15) is 43.2 Å². The second kappa shape index (κ2) is 62.6. The van der Waals surface area contributed by atoms with Gasteiger partial charge in [-0.25, -0.2) is 9.13 Å². The summed E-state index contributed by atoms with van der Waals surface area (Å²) in [5.41, 5.74) is 0. The smallest absolute Gasteiger partial charge is 0.462 e. The van der Waals surface area contributed by atoms with Gasteiger partial charge in [0.05, 0.1) is 26.4 Å². The van der Waals surface area contributed by atoms with Crippen LogP contribution in [0, 0.1) is 23.7 Å². The fourth-order valence-electron chi connectivity index (χ4n) is 11.0. The van der Waals surface area contributed by atoms with Gasteiger partial charge in [0, 0.05) is 25.7 Å². The Morgan fingerprint density at radius 2 is 0.522 bits per heavy atom. The van der Waals surface area contributed by atoms with Gasteiger partial charge in [0.15, 0.2) is 12.2 Å². The molecule has 0 aromatic carbocycles. The van der Waals surface area contributed by atoms with Gasteiger partial charge in [0.1, 0.15) is 19.3 Å². The van der Waals surface area contributed by atoms with Crippen molar-refractivity contribution >= 4 is 39.5 Å². The number of phosphoric ester groups is 2. The molecule has 3 N–H and O–H groups in total. The molecule has 19 heteroatoms. The molecule has 17 nitrogen and oxygen atoms in total. The minimum atomic E-state index is -4.95. The van der Waals surface area contributed by atoms with Crippen LogP contribution in [0.25, 0.3) is 0 Å². The van der Waals surface area contributed by atoms with Gasteiger partial charge in [-0.15, -0.1) is 0 Å². The van der Waals surface area contributed by atoms with Crippen molar-refractivity contribution in [1.29, 1.82) is 0 Å². The molecule has 0 aromatic rings. The standard InChI is InChI=1S/C73H142O17P2/c1-9-66(8)52-44-36-27-21-18-19-23-29-40-48-56-73(78)90-69(60-84-71(76)54-46-38-32-31-35-43-51-65(6)7)62-88-92(81,82)86-58-67(74)57-85-91(79,80)87-61-68(59-83-70(75)53-45-37-30-24-26-34-42-50-64(4)5)89-72(77)55-47-39-28-22-17-15-13-11-10-12-14-16-20-25-33-41-49-63(2)3/h63-69,74H,9-62H2,1-8H3,(H,79,80)(H,81,82)/t66?,67?,68-,69-/m1/s1. The largest absolute Gasteiger partial charge is 0.472 e. The maximum absolute atomic E-state index is 13.0. The lowest BCUT2D eigenvalue weighted by atomic mass is 9.99. The van der Waals surface area contributed by atoms with Gasteiger partial charge in [-0.2, -0.15) is 0 Å². The van der Waals surface area contributed by atoms with Gasteiger partial charge in [-0.05, 0) is 49.4 Å². The Morgan fingerprint density at radius 3 is 0.772 bits per heavy atom. The molecule has 0 saturated heterocycles. The van der Waals surface area contributed by atoms with Crippen molar-refractivity contribution in [3.8, 4) is 0 Å². The summed E-state index contributed by atoms with van der Waals surface area (Å²) < 4.78 is 68.3. The first kappa shape index (κ1) is 90.1. The maximum Gasteiger partial charge on any atom is 0.472 e. The third-order valence-electron chi connectivity index (χ3n) is 17.2. The minimum absolute atomic E-state index is 0.105. The highest BCUT2D eigenvalue weighted by atomic mass is 31.2. The van der Waals surface area contributed by atoms with Crippen LogP contribution in [0.4, 0.5) is 0 Å². The third-order valence-corrected chi connectivity index (χ3v) is 19.1. The Bertz CT molecular complexity index is 1820. The minimum Gasteiger partial charge on any atom is -0.462 e. The van der Waals surface area contributed by atoms with E-state index in [-0.39, 0.29) is 25.7 Å². The maximum atomic E-state index is 13.0. The molecule has 0 aliphatic rings. The Balaban J connectivity index is 5.20. The van der Waals surface area contributed by atoms with Gasteiger partial charge in [-0.3, -0.25) is 37.3 Å². The highest BCUT2D eigenvalue weighted by Crippen LogP contribution is 2.45. The zero-order valence-corrected chi connectivity index (χ0v) is 62.0. The van der Waals surface area contributed by atoms with E-state index in [0.29, 0.717) is 37.5 Å². The number of carbonyl (C=O) groups is 4. The predicted octanol–water partition coefficient (Wildman–Crippen LogP) is 20.9. The molecule has 546 valence electrons. The molecule has 6 atom stereocenters. The molecule has 92 heavy (non-hydrogen) atoms. The number of unbranched alkanes of at least 4 members (excludes halogenated alkanes) is 35. The molecule has 0 fully saturated rings. The first-order valence-electron chi connectivity index (χ1n) is 37.7. The predicted molar refractivity (Wildman–Crippen MR) is 372 cm³/mol. The number of carbonyl (C=O) groups excluding carboxylic acids is 4. The topological polar surface area (TPSA) is 237 Å². The molecule has 0 aromatic heterocycles. The van der Waals surface area contributed by atoms with Crippen LogP contribution in [0.1, 0.15) is 364 Å². The Labute approximate surface area is 562 Å². The number of hydrogen-bond donors (Lipinski definition) is 3. The highest BCUT2D eigenvalue weighted by Gasteiger charge is 2.30. The average molecular weight is 1350 g/mol. The molecular formula is C73H142O17P2. The van der Waals surface area contributed by atoms with Gasteiger partial charge in [-0.1, -0.05) is 312 Å². The number of phosphoric acid groups is 2. The zero-order valence-electron chi connectivity index (χ0n) is 60.2. The van der Waals surface area contributed by atoms with Crippen LogP contribution in [-0.2, 0) is 65.4 Å². The van der Waals surface area contributed by atoms with E-state index in [2.05, 4.69) is 55.4 Å². The fraction of sp³-hybridized carbons (Fsp3) is 0.945. The molecule has 0 aliphatic heterocycles. The highest BCUT2D eigenvalue weighted by molar-refractivity contribution is 7.47. The van der Waals surface area contributed by atoms with Crippen LogP contribution in [0.5, 0.6) is 0 Å². The van der Waals surface area contributed by atoms with Crippen molar-refractivity contribution in [2.75, 3.05) is 39.6 Å². The third kappa shape index (κ3) is 65.4. The number of aliphatic hydroxyl groups is 1. The van der Waals surface area contributed by atoms with Crippen molar-refractivity contribution in [1.82, 2.24) is 0 Å². The van der Waals surface area contributed by atoms with Gasteiger partial charge in [0.2, 0.25) is 0 Å². The molecule has 4 unspecified atom stereocenters. The number of hydrogen-bond acceptors (Lipinski definition) is 15. The van der Waals surface area contributed by atoms with Crippen LogP contribution in [0.15, 0.2) is 0 Å².